The first-order valence-electron chi connectivity index (χ1n) is 4.67. The normalized spacial score (nSPS) is 12.0. The summed E-state index contributed by atoms with van der Waals surface area (Å²) in [5.41, 5.74) is -0.00450. The Morgan fingerprint density at radius 2 is 2.31 bits per heavy atom. The smallest absolute Gasteiger partial charge is 0.319 e. The Morgan fingerprint density at radius 3 is 2.94 bits per heavy atom. The van der Waals surface area contributed by atoms with Crippen LogP contribution in [0, 0.1) is 5.82 Å². The zero-order chi connectivity index (χ0) is 12.1. The van der Waals surface area contributed by atoms with Crippen LogP contribution in [-0.2, 0) is 0 Å². The van der Waals surface area contributed by atoms with Crippen LogP contribution in [0.4, 0.5) is 14.9 Å². The van der Waals surface area contributed by atoms with Crippen LogP contribution in [0.3, 0.4) is 0 Å². The monoisotopic (exact) mass is 246 g/mol. The lowest BCUT2D eigenvalue weighted by Crippen LogP contribution is -2.38. The molecule has 0 aromatic heterocycles. The summed E-state index contributed by atoms with van der Waals surface area (Å²) < 4.78 is 13.4. The summed E-state index contributed by atoms with van der Waals surface area (Å²) in [6.45, 7) is 1.43. The first-order valence-corrected chi connectivity index (χ1v) is 5.04. The van der Waals surface area contributed by atoms with Crippen LogP contribution in [0.25, 0.3) is 0 Å². The number of hydrogen-bond acceptors (Lipinski definition) is 2. The van der Waals surface area contributed by atoms with E-state index in [1.807, 2.05) is 0 Å². The number of hydrogen-bond donors (Lipinski definition) is 3. The molecular weight excluding hydrogens is 235 g/mol. The molecule has 0 unspecified atom stereocenters. The number of nitrogens with one attached hydrogen (secondary N) is 2. The van der Waals surface area contributed by atoms with Gasteiger partial charge < -0.3 is 15.7 Å². The summed E-state index contributed by atoms with van der Waals surface area (Å²) in [5.74, 6) is -0.684. The fourth-order valence-electron chi connectivity index (χ4n) is 1.03. The number of aliphatic hydroxyl groups is 1. The molecule has 0 spiro atoms. The van der Waals surface area contributed by atoms with Crippen LogP contribution >= 0.6 is 11.6 Å². The van der Waals surface area contributed by atoms with Gasteiger partial charge in [-0.05, 0) is 19.1 Å². The minimum Gasteiger partial charge on any atom is -0.394 e. The van der Waals surface area contributed by atoms with Gasteiger partial charge in [0, 0.05) is 0 Å². The summed E-state index contributed by atoms with van der Waals surface area (Å²) >= 11 is 5.54. The molecule has 0 radical (unpaired) electrons. The van der Waals surface area contributed by atoms with E-state index in [4.69, 9.17) is 16.7 Å². The molecule has 16 heavy (non-hydrogen) atoms. The van der Waals surface area contributed by atoms with E-state index in [-0.39, 0.29) is 17.3 Å². The van der Waals surface area contributed by atoms with Crippen molar-refractivity contribution in [1.82, 2.24) is 5.32 Å². The average molecular weight is 247 g/mol. The lowest BCUT2D eigenvalue weighted by Gasteiger charge is -2.12. The van der Waals surface area contributed by atoms with E-state index in [2.05, 4.69) is 10.6 Å². The second-order valence-electron chi connectivity index (χ2n) is 3.28. The van der Waals surface area contributed by atoms with Gasteiger partial charge in [-0.2, -0.15) is 0 Å². The third-order valence-corrected chi connectivity index (χ3v) is 2.14. The van der Waals surface area contributed by atoms with Crippen LogP contribution in [0.5, 0.6) is 0 Å². The first kappa shape index (κ1) is 12.7. The van der Waals surface area contributed by atoms with Crippen LogP contribution < -0.4 is 10.6 Å². The fourth-order valence-corrected chi connectivity index (χ4v) is 1.20. The maximum absolute atomic E-state index is 13.4. The number of anilines is 1. The van der Waals surface area contributed by atoms with E-state index < -0.39 is 17.9 Å². The third kappa shape index (κ3) is 3.36. The Bertz CT molecular complexity index is 387. The van der Waals surface area contributed by atoms with Crippen molar-refractivity contribution in [1.29, 1.82) is 0 Å². The predicted molar refractivity (Wildman–Crippen MR) is 60.1 cm³/mol. The highest BCUT2D eigenvalue weighted by Gasteiger charge is 2.10. The number of carbonyl (C=O) groups excluding carboxylic acids is 1. The quantitative estimate of drug-likeness (QED) is 0.764. The van der Waals surface area contributed by atoms with E-state index >= 15 is 0 Å². The molecule has 1 aromatic rings. The molecule has 3 N–H and O–H groups in total. The lowest BCUT2D eigenvalue weighted by atomic mass is 10.3. The standard InChI is InChI=1S/C10H12ClFN2O2/c1-6(5-15)13-10(16)14-8-4-2-3-7(11)9(8)12/h2-4,6,15H,5H2,1H3,(H2,13,14,16)/t6-/m0/s1. The van der Waals surface area contributed by atoms with Gasteiger partial charge in [-0.25, -0.2) is 9.18 Å². The molecule has 0 bridgehead atoms. The number of halogens is 2. The number of rotatable bonds is 3. The molecule has 0 saturated heterocycles. The summed E-state index contributed by atoms with van der Waals surface area (Å²) in [5, 5.41) is 13.4. The Morgan fingerprint density at radius 1 is 1.62 bits per heavy atom. The number of urea groups is 1. The number of carbonyl (C=O) groups is 1. The molecule has 0 saturated carbocycles. The van der Waals surface area contributed by atoms with E-state index in [0.717, 1.165) is 0 Å². The minimum atomic E-state index is -0.684. The molecule has 0 aliphatic heterocycles. The highest BCUT2D eigenvalue weighted by Crippen LogP contribution is 2.21. The van der Waals surface area contributed by atoms with Gasteiger partial charge >= 0.3 is 6.03 Å². The average Bonchev–Trinajstić information content (AvgIpc) is 2.24. The Kier molecular flexibility index (Phi) is 4.52. The summed E-state index contributed by atoms with van der Waals surface area (Å²) in [6.07, 6.45) is 0. The summed E-state index contributed by atoms with van der Waals surface area (Å²) in [6, 6.07) is 3.31. The van der Waals surface area contributed by atoms with Crippen molar-refractivity contribution in [3.05, 3.63) is 29.0 Å². The van der Waals surface area contributed by atoms with E-state index in [9.17, 15) is 9.18 Å². The van der Waals surface area contributed by atoms with Gasteiger partial charge in [-0.1, -0.05) is 17.7 Å². The van der Waals surface area contributed by atoms with Gasteiger partial charge in [0.25, 0.3) is 0 Å². The third-order valence-electron chi connectivity index (χ3n) is 1.85. The van der Waals surface area contributed by atoms with Gasteiger partial charge in [0.2, 0.25) is 0 Å². The summed E-state index contributed by atoms with van der Waals surface area (Å²) in [7, 11) is 0. The van der Waals surface area contributed by atoms with E-state index in [1.54, 1.807) is 6.92 Å². The van der Waals surface area contributed by atoms with E-state index in [1.165, 1.54) is 18.2 Å². The van der Waals surface area contributed by atoms with E-state index in [0.29, 0.717) is 0 Å². The first-order chi connectivity index (χ1) is 7.54. The highest BCUT2D eigenvalue weighted by molar-refractivity contribution is 6.31. The maximum Gasteiger partial charge on any atom is 0.319 e. The summed E-state index contributed by atoms with van der Waals surface area (Å²) in [4.78, 5) is 11.3. The maximum atomic E-state index is 13.4. The van der Waals surface area contributed by atoms with Gasteiger partial charge in [0.15, 0.2) is 5.82 Å². The largest absolute Gasteiger partial charge is 0.394 e. The molecule has 1 aromatic carbocycles. The fraction of sp³-hybridized carbons (Fsp3) is 0.300. The zero-order valence-electron chi connectivity index (χ0n) is 8.63. The molecule has 4 nitrogen and oxygen atoms in total. The molecule has 6 heteroatoms. The molecule has 1 atom stereocenters. The molecule has 0 aliphatic rings. The number of benzene rings is 1. The van der Waals surface area contributed by atoms with Crippen LogP contribution in [-0.4, -0.2) is 23.8 Å². The number of aliphatic hydroxyl groups excluding tert-OH is 1. The SMILES string of the molecule is C[C@@H](CO)NC(=O)Nc1cccc(Cl)c1F. The number of amides is 2. The van der Waals surface area contributed by atoms with Crippen molar-refractivity contribution in [3.8, 4) is 0 Å². The Balaban J connectivity index is 2.66. The van der Waals surface area contributed by atoms with Crippen molar-refractivity contribution in [3.63, 3.8) is 0 Å². The second-order valence-corrected chi connectivity index (χ2v) is 3.69. The molecule has 0 fully saturated rings. The minimum absolute atomic E-state index is 0.00450. The zero-order valence-corrected chi connectivity index (χ0v) is 9.38. The molecule has 0 heterocycles. The van der Waals surface area contributed by atoms with Gasteiger partial charge in [0.1, 0.15) is 0 Å². The topological polar surface area (TPSA) is 61.4 Å². The molecule has 88 valence electrons. The van der Waals surface area contributed by atoms with Crippen molar-refractivity contribution in [2.75, 3.05) is 11.9 Å². The van der Waals surface area contributed by atoms with Crippen molar-refractivity contribution in [2.24, 2.45) is 0 Å². The molecule has 1 rings (SSSR count). The molecule has 0 aliphatic carbocycles. The van der Waals surface area contributed by atoms with Crippen molar-refractivity contribution < 1.29 is 14.3 Å². The Labute approximate surface area is 97.4 Å². The van der Waals surface area contributed by atoms with Gasteiger partial charge in [-0.15, -0.1) is 0 Å². The van der Waals surface area contributed by atoms with Gasteiger partial charge in [0.05, 0.1) is 23.4 Å². The molecular formula is C10H12ClFN2O2. The second kappa shape index (κ2) is 5.67. The lowest BCUT2D eigenvalue weighted by molar-refractivity contribution is 0.229. The molecule has 2 amide bonds. The van der Waals surface area contributed by atoms with Crippen molar-refractivity contribution >= 4 is 23.3 Å². The predicted octanol–water partition coefficient (Wildman–Crippen LogP) is 1.98. The van der Waals surface area contributed by atoms with Crippen LogP contribution in [0.2, 0.25) is 5.02 Å². The van der Waals surface area contributed by atoms with Gasteiger partial charge in [-0.3, -0.25) is 0 Å². The van der Waals surface area contributed by atoms with Crippen molar-refractivity contribution in [2.45, 2.75) is 13.0 Å². The van der Waals surface area contributed by atoms with Crippen LogP contribution in [0.1, 0.15) is 6.92 Å². The van der Waals surface area contributed by atoms with Crippen LogP contribution in [0.15, 0.2) is 18.2 Å². The Hall–Kier alpha value is -1.33. The highest BCUT2D eigenvalue weighted by atomic mass is 35.5.